The van der Waals surface area contributed by atoms with E-state index in [4.69, 9.17) is 23.7 Å². The molecule has 10 heteroatoms. The predicted octanol–water partition coefficient (Wildman–Crippen LogP) is 3.97. The van der Waals surface area contributed by atoms with Crippen LogP contribution in [-0.2, 0) is 27.1 Å². The first-order chi connectivity index (χ1) is 20.6. The van der Waals surface area contributed by atoms with Gasteiger partial charge in [0.05, 0.1) is 58.2 Å². The van der Waals surface area contributed by atoms with Crippen LogP contribution >= 0.6 is 0 Å². The van der Waals surface area contributed by atoms with E-state index in [0.717, 1.165) is 48.4 Å². The summed E-state index contributed by atoms with van der Waals surface area (Å²) in [6.45, 7) is 7.51. The number of rotatable bonds is 8. The maximum absolute atomic E-state index is 13.9. The molecule has 3 aliphatic rings. The Balaban J connectivity index is 1.35. The van der Waals surface area contributed by atoms with Gasteiger partial charge >= 0.3 is 6.03 Å². The Morgan fingerprint density at radius 3 is 2.60 bits per heavy atom. The van der Waals surface area contributed by atoms with E-state index in [9.17, 15) is 4.79 Å². The average Bonchev–Trinajstić information content (AvgIpc) is 3.41. The molecule has 0 N–H and O–H groups in total. The molecule has 2 amide bonds. The molecule has 4 heterocycles. The van der Waals surface area contributed by atoms with E-state index in [1.165, 1.54) is 16.5 Å². The third-order valence-corrected chi connectivity index (χ3v) is 8.68. The molecule has 0 aliphatic carbocycles. The number of amides is 2. The van der Waals surface area contributed by atoms with E-state index in [-0.39, 0.29) is 18.3 Å². The van der Waals surface area contributed by atoms with Crippen molar-refractivity contribution in [3.63, 3.8) is 0 Å². The zero-order chi connectivity index (χ0) is 29.1. The lowest BCUT2D eigenvalue weighted by Crippen LogP contribution is -2.52. The number of methoxy groups -OCH3 is 2. The molecule has 2 saturated heterocycles. The zero-order valence-corrected chi connectivity index (χ0v) is 24.9. The second-order valence-corrected chi connectivity index (χ2v) is 11.0. The highest BCUT2D eigenvalue weighted by Gasteiger charge is 2.35. The summed E-state index contributed by atoms with van der Waals surface area (Å²) in [6, 6.07) is 12.7. The lowest BCUT2D eigenvalue weighted by molar-refractivity contribution is -0.0331. The molecule has 2 fully saturated rings. The molecule has 0 radical (unpaired) electrons. The number of benzene rings is 2. The topological polar surface area (TPSA) is 77.9 Å². The van der Waals surface area contributed by atoms with E-state index < -0.39 is 0 Å². The average molecular weight is 579 g/mol. The Hall–Kier alpha value is -3.47. The molecule has 42 heavy (non-hydrogen) atoms. The van der Waals surface area contributed by atoms with Gasteiger partial charge in [0.25, 0.3) is 0 Å². The molecule has 1 aromatic heterocycles. The van der Waals surface area contributed by atoms with Crippen molar-refractivity contribution in [1.82, 2.24) is 14.5 Å². The second kappa shape index (κ2) is 12.8. The molecular formula is C32H42N4O6. The Kier molecular flexibility index (Phi) is 8.73. The molecule has 0 bridgehead atoms. The molecule has 2 unspecified atom stereocenters. The van der Waals surface area contributed by atoms with Crippen LogP contribution < -0.4 is 14.5 Å². The van der Waals surface area contributed by atoms with Crippen molar-refractivity contribution in [2.45, 2.75) is 38.5 Å². The zero-order valence-electron chi connectivity index (χ0n) is 24.9. The number of para-hydroxylation sites is 1. The summed E-state index contributed by atoms with van der Waals surface area (Å²) >= 11 is 0. The van der Waals surface area contributed by atoms with Crippen LogP contribution in [-0.4, -0.2) is 100 Å². The van der Waals surface area contributed by atoms with Crippen molar-refractivity contribution >= 4 is 16.9 Å². The van der Waals surface area contributed by atoms with Crippen LogP contribution in [0, 0.1) is 0 Å². The Morgan fingerprint density at radius 1 is 1.00 bits per heavy atom. The van der Waals surface area contributed by atoms with Crippen LogP contribution in [0.5, 0.6) is 11.5 Å². The van der Waals surface area contributed by atoms with Gasteiger partial charge in [0, 0.05) is 38.3 Å². The summed E-state index contributed by atoms with van der Waals surface area (Å²) in [4.78, 5) is 17.9. The lowest BCUT2D eigenvalue weighted by atomic mass is 9.88. The Labute approximate surface area is 247 Å². The number of fused-ring (bicyclic) bond motifs is 2. The standard InChI is InChI=1S/C32H42N4O6/c1-4-42-30-20-26-23(19-29(30)38-2)11-12-34(32(37)33-13-16-40-17-14-33)27(26)10-9-24-21-36(28-8-6-5-7-25(24)28)35-15-18-41-22-31(35)39-3/h5-8,19-21,27,31H,4,9-18,22H2,1-3H3. The summed E-state index contributed by atoms with van der Waals surface area (Å²) in [7, 11) is 3.40. The van der Waals surface area contributed by atoms with Gasteiger partial charge in [-0.15, -0.1) is 0 Å². The molecule has 3 aromatic rings. The SMILES string of the molecule is CCOc1cc2c(cc1OC)CCN(C(=O)N1CCOCC1)C2CCc1cn(N2CCOCC2OC)c2ccccc12. The number of hydrogen-bond acceptors (Lipinski definition) is 7. The lowest BCUT2D eigenvalue weighted by Gasteiger charge is -2.41. The number of morpholine rings is 2. The van der Waals surface area contributed by atoms with Crippen molar-refractivity contribution in [3.8, 4) is 11.5 Å². The molecule has 6 rings (SSSR count). The van der Waals surface area contributed by atoms with Gasteiger partial charge in [-0.25, -0.2) is 4.79 Å². The monoisotopic (exact) mass is 578 g/mol. The van der Waals surface area contributed by atoms with Gasteiger partial charge in [-0.05, 0) is 61.1 Å². The van der Waals surface area contributed by atoms with E-state index >= 15 is 0 Å². The highest BCUT2D eigenvalue weighted by Crippen LogP contribution is 2.41. The van der Waals surface area contributed by atoms with Gasteiger partial charge < -0.3 is 33.5 Å². The predicted molar refractivity (Wildman–Crippen MR) is 160 cm³/mol. The number of aromatic nitrogens is 1. The molecular weight excluding hydrogens is 536 g/mol. The van der Waals surface area contributed by atoms with E-state index in [2.05, 4.69) is 57.2 Å². The number of hydrogen-bond donors (Lipinski definition) is 0. The highest BCUT2D eigenvalue weighted by atomic mass is 16.5. The molecule has 2 atom stereocenters. The van der Waals surface area contributed by atoms with Gasteiger partial charge in [0.15, 0.2) is 17.7 Å². The fourth-order valence-electron chi connectivity index (χ4n) is 6.56. The molecule has 3 aliphatic heterocycles. The van der Waals surface area contributed by atoms with Crippen LogP contribution in [0.2, 0.25) is 0 Å². The second-order valence-electron chi connectivity index (χ2n) is 11.0. The Morgan fingerprint density at radius 2 is 1.81 bits per heavy atom. The van der Waals surface area contributed by atoms with E-state index in [1.54, 1.807) is 14.2 Å². The van der Waals surface area contributed by atoms with Crippen LogP contribution in [0.15, 0.2) is 42.6 Å². The number of urea groups is 1. The molecule has 0 saturated carbocycles. The van der Waals surface area contributed by atoms with E-state index in [1.807, 2.05) is 11.8 Å². The van der Waals surface area contributed by atoms with Crippen LogP contribution in [0.1, 0.15) is 36.1 Å². The third kappa shape index (κ3) is 5.50. The normalized spacial score (nSPS) is 21.0. The fourth-order valence-corrected chi connectivity index (χ4v) is 6.56. The van der Waals surface area contributed by atoms with Crippen LogP contribution in [0.3, 0.4) is 0 Å². The first-order valence-electron chi connectivity index (χ1n) is 15.1. The highest BCUT2D eigenvalue weighted by molar-refractivity contribution is 5.84. The first kappa shape index (κ1) is 28.6. The molecule has 10 nitrogen and oxygen atoms in total. The summed E-state index contributed by atoms with van der Waals surface area (Å²) in [5, 5.41) is 3.45. The summed E-state index contributed by atoms with van der Waals surface area (Å²) < 4.78 is 30.9. The fraction of sp³-hybridized carbons (Fsp3) is 0.531. The van der Waals surface area contributed by atoms with Crippen molar-refractivity contribution in [2.75, 3.05) is 78.4 Å². The van der Waals surface area contributed by atoms with Gasteiger partial charge in [0.2, 0.25) is 0 Å². The van der Waals surface area contributed by atoms with Crippen molar-refractivity contribution in [1.29, 1.82) is 0 Å². The number of aryl methyl sites for hydroxylation is 1. The summed E-state index contributed by atoms with van der Waals surface area (Å²) in [5.41, 5.74) is 4.75. The minimum Gasteiger partial charge on any atom is -0.493 e. The number of carbonyl (C=O) groups excluding carboxylic acids is 1. The number of nitrogens with zero attached hydrogens (tertiary/aromatic N) is 4. The molecule has 2 aromatic carbocycles. The Bertz CT molecular complexity index is 1390. The number of carbonyl (C=O) groups is 1. The quantitative estimate of drug-likeness (QED) is 0.400. The first-order valence-corrected chi connectivity index (χ1v) is 15.1. The molecule has 0 spiro atoms. The van der Waals surface area contributed by atoms with Gasteiger partial charge in [-0.3, -0.25) is 9.69 Å². The van der Waals surface area contributed by atoms with Gasteiger partial charge in [-0.1, -0.05) is 18.2 Å². The smallest absolute Gasteiger partial charge is 0.320 e. The number of ether oxygens (including phenoxy) is 5. The minimum atomic E-state index is -0.152. The maximum atomic E-state index is 13.9. The van der Waals surface area contributed by atoms with Crippen LogP contribution in [0.4, 0.5) is 4.79 Å². The van der Waals surface area contributed by atoms with Gasteiger partial charge in [-0.2, -0.15) is 0 Å². The summed E-state index contributed by atoms with van der Waals surface area (Å²) in [6.07, 6.45) is 4.45. The maximum Gasteiger partial charge on any atom is 0.320 e. The van der Waals surface area contributed by atoms with Crippen molar-refractivity contribution in [2.24, 2.45) is 0 Å². The van der Waals surface area contributed by atoms with Crippen molar-refractivity contribution in [3.05, 3.63) is 59.3 Å². The van der Waals surface area contributed by atoms with Crippen molar-refractivity contribution < 1.29 is 28.5 Å². The summed E-state index contributed by atoms with van der Waals surface area (Å²) in [5.74, 6) is 1.46. The van der Waals surface area contributed by atoms with Crippen LogP contribution in [0.25, 0.3) is 10.9 Å². The van der Waals surface area contributed by atoms with Gasteiger partial charge in [0.1, 0.15) is 0 Å². The van der Waals surface area contributed by atoms with E-state index in [0.29, 0.717) is 52.7 Å². The minimum absolute atomic E-state index is 0.0846. The largest absolute Gasteiger partial charge is 0.493 e. The molecule has 226 valence electrons. The third-order valence-electron chi connectivity index (χ3n) is 8.68.